The highest BCUT2D eigenvalue weighted by atomic mass is 16.5. The molecule has 0 amide bonds. The van der Waals surface area contributed by atoms with Crippen LogP contribution in [0.25, 0.3) is 0 Å². The van der Waals surface area contributed by atoms with E-state index < -0.39 is 17.7 Å². The maximum atomic E-state index is 10.7. The van der Waals surface area contributed by atoms with Gasteiger partial charge in [0.05, 0.1) is 6.61 Å². The van der Waals surface area contributed by atoms with Crippen LogP contribution in [0.1, 0.15) is 13.8 Å². The molecule has 1 unspecified atom stereocenters. The predicted octanol–water partition coefficient (Wildman–Crippen LogP) is -0.0464. The number of hydrogen-bond donors (Lipinski definition) is 0. The van der Waals surface area contributed by atoms with Crippen LogP contribution >= 0.6 is 0 Å². The smallest absolute Gasteiger partial charge is 0.316 e. The highest BCUT2D eigenvalue weighted by Crippen LogP contribution is 1.98. The molecule has 0 aliphatic carbocycles. The fourth-order valence-electron chi connectivity index (χ4n) is 0.485. The lowest BCUT2D eigenvalue weighted by Gasteiger charge is -2.04. The molecule has 1 atom stereocenters. The number of Topliss-reactive ketones (excluding diaryl/α,β-unsaturated/α-hetero) is 1. The number of rotatable bonds is 4. The van der Waals surface area contributed by atoms with Gasteiger partial charge in [0.15, 0.2) is 6.29 Å². The fourth-order valence-corrected chi connectivity index (χ4v) is 0.485. The van der Waals surface area contributed by atoms with Gasteiger partial charge in [-0.05, 0) is 13.8 Å². The average Bonchev–Trinajstić information content (AvgIpc) is 2.02. The van der Waals surface area contributed by atoms with Gasteiger partial charge in [-0.1, -0.05) is 0 Å². The van der Waals surface area contributed by atoms with E-state index in [0.717, 1.165) is 0 Å². The Morgan fingerprint density at radius 3 is 2.45 bits per heavy atom. The number of carbonyl (C=O) groups excluding carboxylic acids is 3. The van der Waals surface area contributed by atoms with Gasteiger partial charge in [0, 0.05) is 0 Å². The minimum atomic E-state index is -0.965. The van der Waals surface area contributed by atoms with Crippen molar-refractivity contribution in [2.24, 2.45) is 5.92 Å². The molecule has 0 aliphatic rings. The molecule has 0 aliphatic heterocycles. The summed E-state index contributed by atoms with van der Waals surface area (Å²) in [6.45, 7) is 3.19. The van der Waals surface area contributed by atoms with Crippen LogP contribution in [0.5, 0.6) is 0 Å². The van der Waals surface area contributed by atoms with Crippen molar-refractivity contribution >= 4 is 18.0 Å². The molecule has 4 heteroatoms. The van der Waals surface area contributed by atoms with Crippen LogP contribution in [0.3, 0.4) is 0 Å². The van der Waals surface area contributed by atoms with E-state index >= 15 is 0 Å². The van der Waals surface area contributed by atoms with Crippen molar-refractivity contribution in [1.29, 1.82) is 0 Å². The van der Waals surface area contributed by atoms with E-state index in [9.17, 15) is 14.4 Å². The molecule has 11 heavy (non-hydrogen) atoms. The van der Waals surface area contributed by atoms with Crippen molar-refractivity contribution in [2.45, 2.75) is 13.8 Å². The summed E-state index contributed by atoms with van der Waals surface area (Å²) in [6.07, 6.45) is 0.127. The molecular formula is C7H10O4. The number of hydrogen-bond acceptors (Lipinski definition) is 4. The summed E-state index contributed by atoms with van der Waals surface area (Å²) in [6, 6.07) is 0. The number of aldehydes is 1. The Bertz CT molecular complexity index is 173. The molecule has 0 aromatic rings. The van der Waals surface area contributed by atoms with E-state index in [1.165, 1.54) is 6.92 Å². The van der Waals surface area contributed by atoms with Gasteiger partial charge in [-0.25, -0.2) is 0 Å². The Labute approximate surface area is 64.5 Å². The zero-order chi connectivity index (χ0) is 8.85. The molecule has 0 N–H and O–H groups in total. The third-order valence-electron chi connectivity index (χ3n) is 1.18. The van der Waals surface area contributed by atoms with Gasteiger partial charge in [0.2, 0.25) is 5.78 Å². The Hall–Kier alpha value is -1.19. The summed E-state index contributed by atoms with van der Waals surface area (Å²) in [5.41, 5.74) is 0. The largest absolute Gasteiger partial charge is 0.465 e. The van der Waals surface area contributed by atoms with E-state index in [-0.39, 0.29) is 12.9 Å². The summed E-state index contributed by atoms with van der Waals surface area (Å²) in [5, 5.41) is 0. The van der Waals surface area contributed by atoms with Crippen LogP contribution in [-0.2, 0) is 19.1 Å². The molecule has 0 saturated heterocycles. The molecule has 0 fully saturated rings. The Balaban J connectivity index is 4.01. The molecule has 0 spiro atoms. The summed E-state index contributed by atoms with van der Waals surface area (Å²) in [5.74, 6) is -2.36. The molecule has 0 rings (SSSR count). The molecule has 0 saturated carbocycles. The molecule has 0 aromatic heterocycles. The van der Waals surface area contributed by atoms with Crippen LogP contribution in [0.2, 0.25) is 0 Å². The van der Waals surface area contributed by atoms with E-state index in [0.29, 0.717) is 0 Å². The lowest BCUT2D eigenvalue weighted by Crippen LogP contribution is -2.23. The number of esters is 1. The van der Waals surface area contributed by atoms with Gasteiger partial charge in [-0.2, -0.15) is 0 Å². The minimum Gasteiger partial charge on any atom is -0.465 e. The first kappa shape index (κ1) is 9.81. The van der Waals surface area contributed by atoms with E-state index in [1.54, 1.807) is 6.92 Å². The van der Waals surface area contributed by atoms with Gasteiger partial charge in [-0.3, -0.25) is 14.4 Å². The van der Waals surface area contributed by atoms with Crippen LogP contribution in [0.15, 0.2) is 0 Å². The maximum Gasteiger partial charge on any atom is 0.316 e. The summed E-state index contributed by atoms with van der Waals surface area (Å²) >= 11 is 0. The van der Waals surface area contributed by atoms with Crippen LogP contribution in [-0.4, -0.2) is 24.6 Å². The summed E-state index contributed by atoms with van der Waals surface area (Å²) < 4.78 is 4.51. The summed E-state index contributed by atoms with van der Waals surface area (Å²) in [7, 11) is 0. The topological polar surface area (TPSA) is 60.4 Å². The van der Waals surface area contributed by atoms with Crippen LogP contribution < -0.4 is 0 Å². The van der Waals surface area contributed by atoms with Crippen molar-refractivity contribution < 1.29 is 19.1 Å². The molecule has 62 valence electrons. The lowest BCUT2D eigenvalue weighted by atomic mass is 10.1. The van der Waals surface area contributed by atoms with Gasteiger partial charge in [0.25, 0.3) is 0 Å². The minimum absolute atomic E-state index is 0.127. The van der Waals surface area contributed by atoms with Gasteiger partial charge >= 0.3 is 5.97 Å². The standard InChI is InChI=1S/C7H10O4/c1-3-11-7(10)5(2)6(9)4-8/h4-5H,3H2,1-2H3. The Kier molecular flexibility index (Phi) is 4.10. The average molecular weight is 158 g/mol. The quantitative estimate of drug-likeness (QED) is 0.249. The fraction of sp³-hybridized carbons (Fsp3) is 0.571. The number of ketones is 1. The first-order valence-electron chi connectivity index (χ1n) is 3.29. The highest BCUT2D eigenvalue weighted by molar-refractivity contribution is 6.30. The third-order valence-corrected chi connectivity index (χ3v) is 1.18. The maximum absolute atomic E-state index is 10.7. The molecule has 4 nitrogen and oxygen atoms in total. The summed E-state index contributed by atoms with van der Waals surface area (Å²) in [4.78, 5) is 31.2. The second kappa shape index (κ2) is 4.60. The van der Waals surface area contributed by atoms with E-state index in [2.05, 4.69) is 4.74 Å². The Morgan fingerprint density at radius 2 is 2.09 bits per heavy atom. The molecule has 0 heterocycles. The van der Waals surface area contributed by atoms with Crippen molar-refractivity contribution in [3.05, 3.63) is 0 Å². The zero-order valence-electron chi connectivity index (χ0n) is 6.49. The van der Waals surface area contributed by atoms with Gasteiger partial charge < -0.3 is 4.74 Å². The third kappa shape index (κ3) is 2.93. The number of ether oxygens (including phenoxy) is 1. The highest BCUT2D eigenvalue weighted by Gasteiger charge is 2.21. The van der Waals surface area contributed by atoms with Crippen LogP contribution in [0.4, 0.5) is 0 Å². The van der Waals surface area contributed by atoms with Crippen molar-refractivity contribution in [3.8, 4) is 0 Å². The first-order valence-corrected chi connectivity index (χ1v) is 3.29. The molecule has 0 aromatic carbocycles. The van der Waals surface area contributed by atoms with E-state index in [4.69, 9.17) is 0 Å². The van der Waals surface area contributed by atoms with Gasteiger partial charge in [0.1, 0.15) is 5.92 Å². The van der Waals surface area contributed by atoms with E-state index in [1.807, 2.05) is 0 Å². The first-order chi connectivity index (χ1) is 5.13. The molecular weight excluding hydrogens is 148 g/mol. The molecule has 0 bridgehead atoms. The number of carbonyl (C=O) groups is 3. The zero-order valence-corrected chi connectivity index (χ0v) is 6.49. The lowest BCUT2D eigenvalue weighted by molar-refractivity contribution is -0.152. The normalized spacial score (nSPS) is 11.8. The second-order valence-corrected chi connectivity index (χ2v) is 1.99. The van der Waals surface area contributed by atoms with Crippen molar-refractivity contribution in [2.75, 3.05) is 6.61 Å². The van der Waals surface area contributed by atoms with Crippen molar-refractivity contribution in [1.82, 2.24) is 0 Å². The SMILES string of the molecule is CCOC(=O)C(C)C(=O)C=O. The van der Waals surface area contributed by atoms with Gasteiger partial charge in [-0.15, -0.1) is 0 Å². The van der Waals surface area contributed by atoms with Crippen molar-refractivity contribution in [3.63, 3.8) is 0 Å². The van der Waals surface area contributed by atoms with Crippen LogP contribution in [0, 0.1) is 5.92 Å². The molecule has 0 radical (unpaired) electrons. The Morgan fingerprint density at radius 1 is 1.55 bits per heavy atom. The predicted molar refractivity (Wildman–Crippen MR) is 36.9 cm³/mol. The monoisotopic (exact) mass is 158 g/mol. The second-order valence-electron chi connectivity index (χ2n) is 1.99.